The van der Waals surface area contributed by atoms with Gasteiger partial charge >= 0.3 is 0 Å². The van der Waals surface area contributed by atoms with Crippen molar-refractivity contribution in [3.8, 4) is 0 Å². The van der Waals surface area contributed by atoms with Gasteiger partial charge in [-0.3, -0.25) is 14.5 Å². The van der Waals surface area contributed by atoms with Crippen LogP contribution in [0, 0.1) is 0 Å². The van der Waals surface area contributed by atoms with Crippen LogP contribution >= 0.6 is 11.6 Å². The Morgan fingerprint density at radius 2 is 1.87 bits per heavy atom. The molecule has 1 saturated heterocycles. The Balaban J connectivity index is 1.73. The van der Waals surface area contributed by atoms with Gasteiger partial charge in [-0.05, 0) is 25.0 Å². The summed E-state index contributed by atoms with van der Waals surface area (Å²) in [4.78, 5) is 27.8. The van der Waals surface area contributed by atoms with Crippen LogP contribution in [-0.4, -0.2) is 60.9 Å². The van der Waals surface area contributed by atoms with Crippen molar-refractivity contribution in [2.75, 3.05) is 39.3 Å². The molecule has 0 radical (unpaired) electrons. The molecule has 1 heterocycles. The average molecular weight is 338 g/mol. The molecule has 2 amide bonds. The van der Waals surface area contributed by atoms with Gasteiger partial charge in [0.15, 0.2) is 0 Å². The molecule has 1 aliphatic heterocycles. The van der Waals surface area contributed by atoms with E-state index in [1.165, 1.54) is 0 Å². The van der Waals surface area contributed by atoms with E-state index in [1.54, 1.807) is 0 Å². The first-order chi connectivity index (χ1) is 11.1. The van der Waals surface area contributed by atoms with Crippen LogP contribution in [0.15, 0.2) is 24.3 Å². The maximum Gasteiger partial charge on any atom is 0.234 e. The number of nitrogens with zero attached hydrogens (tertiary/aromatic N) is 2. The van der Waals surface area contributed by atoms with E-state index >= 15 is 0 Å². The van der Waals surface area contributed by atoms with Crippen LogP contribution in [0.25, 0.3) is 0 Å². The van der Waals surface area contributed by atoms with Crippen LogP contribution in [0.5, 0.6) is 0 Å². The first-order valence-electron chi connectivity index (χ1n) is 8.10. The quantitative estimate of drug-likeness (QED) is 0.857. The molecule has 0 bridgehead atoms. The molecule has 1 aliphatic rings. The third kappa shape index (κ3) is 5.52. The van der Waals surface area contributed by atoms with Crippen LogP contribution in [0.4, 0.5) is 0 Å². The number of nitrogens with one attached hydrogen (secondary N) is 1. The topological polar surface area (TPSA) is 52.7 Å². The summed E-state index contributed by atoms with van der Waals surface area (Å²) in [6, 6.07) is 7.63. The summed E-state index contributed by atoms with van der Waals surface area (Å²) in [5.74, 6) is 0.202. The Morgan fingerprint density at radius 3 is 2.52 bits per heavy atom. The van der Waals surface area contributed by atoms with Crippen LogP contribution in [0.3, 0.4) is 0 Å². The smallest absolute Gasteiger partial charge is 0.234 e. The normalized spacial score (nSPS) is 15.5. The predicted molar refractivity (Wildman–Crippen MR) is 91.5 cm³/mol. The molecule has 0 saturated carbocycles. The lowest BCUT2D eigenvalue weighted by Crippen LogP contribution is -2.51. The number of amides is 2. The van der Waals surface area contributed by atoms with Gasteiger partial charge in [-0.2, -0.15) is 0 Å². The van der Waals surface area contributed by atoms with Crippen LogP contribution in [-0.2, 0) is 16.0 Å². The highest BCUT2D eigenvalue weighted by molar-refractivity contribution is 6.31. The molecule has 23 heavy (non-hydrogen) atoms. The molecule has 1 aromatic rings. The van der Waals surface area contributed by atoms with Gasteiger partial charge in [0.05, 0.1) is 6.54 Å². The van der Waals surface area contributed by atoms with Crippen molar-refractivity contribution < 1.29 is 9.59 Å². The monoisotopic (exact) mass is 337 g/mol. The lowest BCUT2D eigenvalue weighted by molar-refractivity contribution is -0.133. The van der Waals surface area contributed by atoms with Crippen LogP contribution < -0.4 is 5.32 Å². The lowest BCUT2D eigenvalue weighted by Gasteiger charge is -2.34. The number of halogens is 1. The van der Waals surface area contributed by atoms with Crippen molar-refractivity contribution in [2.24, 2.45) is 0 Å². The lowest BCUT2D eigenvalue weighted by atomic mass is 10.1. The number of piperazine rings is 1. The van der Waals surface area contributed by atoms with Crippen LogP contribution in [0.2, 0.25) is 5.02 Å². The predicted octanol–water partition coefficient (Wildman–Crippen LogP) is 1.55. The Labute approximate surface area is 142 Å². The summed E-state index contributed by atoms with van der Waals surface area (Å²) < 4.78 is 0. The molecular formula is C17H24ClN3O2. The molecule has 2 rings (SSSR count). The maximum absolute atomic E-state index is 12.3. The van der Waals surface area contributed by atoms with E-state index in [-0.39, 0.29) is 11.8 Å². The summed E-state index contributed by atoms with van der Waals surface area (Å²) in [6.07, 6.45) is 1.14. The van der Waals surface area contributed by atoms with E-state index in [4.69, 9.17) is 11.6 Å². The second kappa shape index (κ2) is 8.89. The second-order valence-electron chi connectivity index (χ2n) is 5.70. The summed E-state index contributed by atoms with van der Waals surface area (Å²) in [5, 5.41) is 3.51. The molecular weight excluding hydrogens is 314 g/mol. The van der Waals surface area contributed by atoms with E-state index in [1.807, 2.05) is 36.1 Å². The Kier molecular flexibility index (Phi) is 6.86. The zero-order valence-electron chi connectivity index (χ0n) is 13.6. The van der Waals surface area contributed by atoms with Crippen molar-refractivity contribution >= 4 is 23.4 Å². The molecule has 1 N–H and O–H groups in total. The van der Waals surface area contributed by atoms with Crippen molar-refractivity contribution in [2.45, 2.75) is 19.8 Å². The van der Waals surface area contributed by atoms with Gasteiger partial charge < -0.3 is 10.2 Å². The van der Waals surface area contributed by atoms with Gasteiger partial charge in [0, 0.05) is 44.2 Å². The minimum absolute atomic E-state index is 0.0472. The molecule has 126 valence electrons. The maximum atomic E-state index is 12.3. The molecule has 0 unspecified atom stereocenters. The number of hydrogen-bond donors (Lipinski definition) is 1. The third-order valence-corrected chi connectivity index (χ3v) is 4.40. The van der Waals surface area contributed by atoms with Crippen molar-refractivity contribution in [3.05, 3.63) is 34.9 Å². The largest absolute Gasteiger partial charge is 0.355 e. The molecule has 1 aromatic carbocycles. The van der Waals surface area contributed by atoms with E-state index in [0.717, 1.165) is 18.7 Å². The summed E-state index contributed by atoms with van der Waals surface area (Å²) in [6.45, 7) is 5.83. The number of carbonyl (C=O) groups is 2. The number of benzene rings is 1. The summed E-state index contributed by atoms with van der Waals surface area (Å²) in [5.41, 5.74) is 1.01. The Hall–Kier alpha value is -1.59. The number of hydrogen-bond acceptors (Lipinski definition) is 3. The summed E-state index contributed by atoms with van der Waals surface area (Å²) in [7, 11) is 0. The van der Waals surface area contributed by atoms with Gasteiger partial charge in [-0.1, -0.05) is 29.8 Å². The minimum atomic E-state index is 0.0472. The standard InChI is InChI=1S/C17H24ClN3O2/c1-2-19-16(22)13-20-9-11-21(12-10-20)17(23)8-7-14-5-3-4-6-15(14)18/h3-6H,2,7-13H2,1H3,(H,19,22). The molecule has 6 heteroatoms. The fourth-order valence-electron chi connectivity index (χ4n) is 2.71. The molecule has 0 aliphatic carbocycles. The molecule has 0 aromatic heterocycles. The van der Waals surface area contributed by atoms with Gasteiger partial charge in [-0.15, -0.1) is 0 Å². The highest BCUT2D eigenvalue weighted by atomic mass is 35.5. The highest BCUT2D eigenvalue weighted by Gasteiger charge is 2.22. The SMILES string of the molecule is CCNC(=O)CN1CCN(C(=O)CCc2ccccc2Cl)CC1. The van der Waals surface area contributed by atoms with Crippen molar-refractivity contribution in [1.29, 1.82) is 0 Å². The zero-order valence-corrected chi connectivity index (χ0v) is 14.3. The highest BCUT2D eigenvalue weighted by Crippen LogP contribution is 2.17. The Bertz CT molecular complexity index is 542. The first kappa shape index (κ1) is 17.8. The zero-order chi connectivity index (χ0) is 16.7. The second-order valence-corrected chi connectivity index (χ2v) is 6.11. The molecule has 1 fully saturated rings. The minimum Gasteiger partial charge on any atom is -0.355 e. The van der Waals surface area contributed by atoms with Gasteiger partial charge in [-0.25, -0.2) is 0 Å². The fourth-order valence-corrected chi connectivity index (χ4v) is 2.94. The van der Waals surface area contributed by atoms with Gasteiger partial charge in [0.1, 0.15) is 0 Å². The number of rotatable bonds is 6. The fraction of sp³-hybridized carbons (Fsp3) is 0.529. The summed E-state index contributed by atoms with van der Waals surface area (Å²) >= 11 is 6.12. The number of carbonyl (C=O) groups excluding carboxylic acids is 2. The molecule has 0 atom stereocenters. The van der Waals surface area contributed by atoms with E-state index in [2.05, 4.69) is 10.2 Å². The van der Waals surface area contributed by atoms with Crippen molar-refractivity contribution in [1.82, 2.24) is 15.1 Å². The van der Waals surface area contributed by atoms with E-state index in [0.29, 0.717) is 44.0 Å². The number of aryl methyl sites for hydroxylation is 1. The van der Waals surface area contributed by atoms with E-state index in [9.17, 15) is 9.59 Å². The van der Waals surface area contributed by atoms with Crippen LogP contribution in [0.1, 0.15) is 18.9 Å². The van der Waals surface area contributed by atoms with Crippen molar-refractivity contribution in [3.63, 3.8) is 0 Å². The van der Waals surface area contributed by atoms with Gasteiger partial charge in [0.2, 0.25) is 11.8 Å². The van der Waals surface area contributed by atoms with E-state index < -0.39 is 0 Å². The number of likely N-dealkylation sites (N-methyl/N-ethyl adjacent to an activating group) is 1. The molecule has 0 spiro atoms. The first-order valence-corrected chi connectivity index (χ1v) is 8.48. The average Bonchev–Trinajstić information content (AvgIpc) is 2.55. The van der Waals surface area contributed by atoms with Gasteiger partial charge in [0.25, 0.3) is 0 Å². The third-order valence-electron chi connectivity index (χ3n) is 4.03. The molecule has 5 nitrogen and oxygen atoms in total. The Morgan fingerprint density at radius 1 is 1.17 bits per heavy atom.